The summed E-state index contributed by atoms with van der Waals surface area (Å²) < 4.78 is 13.5. The number of nitrogens with one attached hydrogen (secondary N) is 1. The Morgan fingerprint density at radius 3 is 2.60 bits per heavy atom. The summed E-state index contributed by atoms with van der Waals surface area (Å²) in [6.07, 6.45) is 3.10. The third-order valence-electron chi connectivity index (χ3n) is 3.30. The van der Waals surface area contributed by atoms with Crippen LogP contribution < -0.4 is 5.32 Å². The van der Waals surface area contributed by atoms with Gasteiger partial charge in [0.05, 0.1) is 17.1 Å². The summed E-state index contributed by atoms with van der Waals surface area (Å²) in [5.41, 5.74) is -0.222. The van der Waals surface area contributed by atoms with Gasteiger partial charge in [0.2, 0.25) is 5.91 Å². The maximum Gasteiger partial charge on any atom is 0.256 e. The molecule has 2 amide bonds. The minimum Gasteiger partial charge on any atom is -0.343 e. The van der Waals surface area contributed by atoms with Crippen LogP contribution in [0.25, 0.3) is 0 Å². The molecule has 0 radical (unpaired) electrons. The molecule has 0 aliphatic carbocycles. The van der Waals surface area contributed by atoms with Crippen molar-refractivity contribution in [1.29, 1.82) is 0 Å². The van der Waals surface area contributed by atoms with Gasteiger partial charge in [0.1, 0.15) is 5.82 Å². The first-order chi connectivity index (χ1) is 9.59. The van der Waals surface area contributed by atoms with Crippen LogP contribution in [-0.2, 0) is 4.79 Å². The van der Waals surface area contributed by atoms with Crippen molar-refractivity contribution in [2.24, 2.45) is 0 Å². The lowest BCUT2D eigenvalue weighted by Crippen LogP contribution is -2.42. The van der Waals surface area contributed by atoms with Gasteiger partial charge in [-0.2, -0.15) is 0 Å². The average molecular weight is 299 g/mol. The van der Waals surface area contributed by atoms with E-state index in [-0.39, 0.29) is 23.0 Å². The van der Waals surface area contributed by atoms with E-state index in [2.05, 4.69) is 5.32 Å². The van der Waals surface area contributed by atoms with Crippen LogP contribution in [0.1, 0.15) is 29.6 Å². The number of hydrogen-bond donors (Lipinski definition) is 1. The van der Waals surface area contributed by atoms with Crippen molar-refractivity contribution in [2.75, 3.05) is 19.6 Å². The topological polar surface area (TPSA) is 49.4 Å². The zero-order valence-corrected chi connectivity index (χ0v) is 11.8. The quantitative estimate of drug-likeness (QED) is 0.930. The lowest BCUT2D eigenvalue weighted by atomic mass is 10.1. The number of piperidine rings is 1. The van der Waals surface area contributed by atoms with Gasteiger partial charge in [-0.25, -0.2) is 4.39 Å². The van der Waals surface area contributed by atoms with Crippen molar-refractivity contribution in [3.8, 4) is 0 Å². The predicted octanol–water partition coefficient (Wildman–Crippen LogP) is 2.22. The molecule has 1 aromatic carbocycles. The van der Waals surface area contributed by atoms with E-state index in [1.807, 2.05) is 0 Å². The van der Waals surface area contributed by atoms with Crippen LogP contribution in [0.5, 0.6) is 0 Å². The van der Waals surface area contributed by atoms with Crippen molar-refractivity contribution in [1.82, 2.24) is 10.2 Å². The molecule has 0 aromatic heterocycles. The zero-order valence-electron chi connectivity index (χ0n) is 11.0. The van der Waals surface area contributed by atoms with E-state index in [4.69, 9.17) is 11.6 Å². The van der Waals surface area contributed by atoms with Gasteiger partial charge in [-0.1, -0.05) is 17.7 Å². The maximum atomic E-state index is 13.5. The molecule has 108 valence electrons. The highest BCUT2D eigenvalue weighted by atomic mass is 35.5. The molecule has 0 spiro atoms. The number of benzene rings is 1. The molecule has 4 nitrogen and oxygen atoms in total. The van der Waals surface area contributed by atoms with Gasteiger partial charge in [-0.3, -0.25) is 9.59 Å². The molecular weight excluding hydrogens is 283 g/mol. The molecular formula is C14H16ClFN2O2. The molecule has 6 heteroatoms. The average Bonchev–Trinajstić information content (AvgIpc) is 2.45. The Morgan fingerprint density at radius 1 is 1.25 bits per heavy atom. The minimum atomic E-state index is -0.694. The van der Waals surface area contributed by atoms with Gasteiger partial charge in [-0.15, -0.1) is 0 Å². The molecule has 1 aromatic rings. The number of carbonyl (C=O) groups is 2. The van der Waals surface area contributed by atoms with E-state index in [1.54, 1.807) is 4.90 Å². The molecule has 1 N–H and O–H groups in total. The SMILES string of the molecule is O=C(NCC(=O)N1CCCCC1)c1c(F)cccc1Cl. The van der Waals surface area contributed by atoms with E-state index in [0.717, 1.165) is 38.4 Å². The summed E-state index contributed by atoms with van der Waals surface area (Å²) in [6.45, 7) is 1.30. The van der Waals surface area contributed by atoms with Crippen LogP contribution in [-0.4, -0.2) is 36.3 Å². The van der Waals surface area contributed by atoms with Gasteiger partial charge < -0.3 is 10.2 Å². The highest BCUT2D eigenvalue weighted by molar-refractivity contribution is 6.33. The van der Waals surface area contributed by atoms with Gasteiger partial charge in [0, 0.05) is 13.1 Å². The Bertz CT molecular complexity index is 496. The highest BCUT2D eigenvalue weighted by Gasteiger charge is 2.19. The third-order valence-corrected chi connectivity index (χ3v) is 3.61. The first kappa shape index (κ1) is 14.8. The van der Waals surface area contributed by atoms with Crippen LogP contribution in [0.3, 0.4) is 0 Å². The zero-order chi connectivity index (χ0) is 14.5. The second-order valence-electron chi connectivity index (χ2n) is 4.72. The van der Waals surface area contributed by atoms with Crippen LogP contribution in [0, 0.1) is 5.82 Å². The smallest absolute Gasteiger partial charge is 0.256 e. The monoisotopic (exact) mass is 298 g/mol. The fourth-order valence-corrected chi connectivity index (χ4v) is 2.46. The molecule has 0 unspecified atom stereocenters. The molecule has 1 saturated heterocycles. The molecule has 0 bridgehead atoms. The van der Waals surface area contributed by atoms with Crippen molar-refractivity contribution in [3.63, 3.8) is 0 Å². The summed E-state index contributed by atoms with van der Waals surface area (Å²) in [6, 6.07) is 4.02. The number of carbonyl (C=O) groups excluding carboxylic acids is 2. The van der Waals surface area contributed by atoms with Gasteiger partial charge in [0.15, 0.2) is 0 Å². The Morgan fingerprint density at radius 2 is 1.95 bits per heavy atom. The first-order valence-electron chi connectivity index (χ1n) is 6.59. The number of hydrogen-bond acceptors (Lipinski definition) is 2. The number of likely N-dealkylation sites (tertiary alicyclic amines) is 1. The van der Waals surface area contributed by atoms with E-state index in [1.165, 1.54) is 12.1 Å². The van der Waals surface area contributed by atoms with Gasteiger partial charge in [-0.05, 0) is 31.4 Å². The van der Waals surface area contributed by atoms with Crippen molar-refractivity contribution < 1.29 is 14.0 Å². The number of rotatable bonds is 3. The molecule has 1 heterocycles. The molecule has 0 atom stereocenters. The largest absolute Gasteiger partial charge is 0.343 e. The maximum absolute atomic E-state index is 13.5. The molecule has 20 heavy (non-hydrogen) atoms. The van der Waals surface area contributed by atoms with E-state index < -0.39 is 11.7 Å². The first-order valence-corrected chi connectivity index (χ1v) is 6.97. The highest BCUT2D eigenvalue weighted by Crippen LogP contribution is 2.18. The third kappa shape index (κ3) is 3.48. The molecule has 1 aliphatic heterocycles. The Kier molecular flexibility index (Phi) is 4.95. The number of nitrogens with zero attached hydrogens (tertiary/aromatic N) is 1. The molecule has 1 fully saturated rings. The number of halogens is 2. The standard InChI is InChI=1S/C14H16ClFN2O2/c15-10-5-4-6-11(16)13(10)14(20)17-9-12(19)18-7-2-1-3-8-18/h4-6H,1-3,7-9H2,(H,17,20). The van der Waals surface area contributed by atoms with E-state index >= 15 is 0 Å². The summed E-state index contributed by atoms with van der Waals surface area (Å²) in [5.74, 6) is -1.51. The Balaban J connectivity index is 1.93. The van der Waals surface area contributed by atoms with Crippen molar-refractivity contribution >= 4 is 23.4 Å². The fraction of sp³-hybridized carbons (Fsp3) is 0.429. The number of amides is 2. The summed E-state index contributed by atoms with van der Waals surface area (Å²) in [5, 5.41) is 2.46. The van der Waals surface area contributed by atoms with Crippen molar-refractivity contribution in [2.45, 2.75) is 19.3 Å². The van der Waals surface area contributed by atoms with Crippen LogP contribution in [0.2, 0.25) is 5.02 Å². The molecule has 0 saturated carbocycles. The van der Waals surface area contributed by atoms with Gasteiger partial charge >= 0.3 is 0 Å². The molecule has 1 aliphatic rings. The van der Waals surface area contributed by atoms with Crippen LogP contribution in [0.4, 0.5) is 4.39 Å². The fourth-order valence-electron chi connectivity index (χ4n) is 2.21. The summed E-state index contributed by atoms with van der Waals surface area (Å²) >= 11 is 5.79. The van der Waals surface area contributed by atoms with E-state index in [9.17, 15) is 14.0 Å². The normalized spacial score (nSPS) is 15.0. The van der Waals surface area contributed by atoms with Crippen LogP contribution >= 0.6 is 11.6 Å². The second kappa shape index (κ2) is 6.70. The van der Waals surface area contributed by atoms with Gasteiger partial charge in [0.25, 0.3) is 5.91 Å². The Labute approximate surface area is 121 Å². The predicted molar refractivity (Wildman–Crippen MR) is 74.2 cm³/mol. The van der Waals surface area contributed by atoms with Crippen molar-refractivity contribution in [3.05, 3.63) is 34.6 Å². The lowest BCUT2D eigenvalue weighted by molar-refractivity contribution is -0.130. The summed E-state index contributed by atoms with van der Waals surface area (Å²) in [7, 11) is 0. The second-order valence-corrected chi connectivity index (χ2v) is 5.13. The van der Waals surface area contributed by atoms with E-state index in [0.29, 0.717) is 0 Å². The Hall–Kier alpha value is -1.62. The van der Waals surface area contributed by atoms with Crippen LogP contribution in [0.15, 0.2) is 18.2 Å². The molecule has 2 rings (SSSR count). The lowest BCUT2D eigenvalue weighted by Gasteiger charge is -2.26. The minimum absolute atomic E-state index is 0.0351. The summed E-state index contributed by atoms with van der Waals surface area (Å²) in [4.78, 5) is 25.5.